The standard InChI is InChI=1S/C84H72BN3/c1-80(2,3)48-36-38-71-60(40-48)62-42-50(82(7,8)9)44-68-78(62)87(71)73-46-52(47-74-76(73)85(68)69-45-51(83(10,11)12)43-63-61-41-49(81(4,5)6)37-39-72(61)88(74)79(63)69)86-70-35-22-17-26-55(70)56-29-23-30-59(77(56)86)75-57-27-15-20-33-66(57)84(67-34-21-16-28-58(67)75)64-31-18-13-24-53(64)54-25-14-19-32-65(54)84/h13-47,75H,1-12H3. The van der Waals surface area contributed by atoms with E-state index in [-0.39, 0.29) is 34.3 Å². The van der Waals surface area contributed by atoms with Crippen molar-refractivity contribution in [1.82, 2.24) is 13.7 Å². The number of hydrogen-bond acceptors (Lipinski definition) is 0. The zero-order valence-electron chi connectivity index (χ0n) is 52.7. The SMILES string of the molecule is CC(C)(C)c1ccc2c(c1)c1cc(C(C)(C)C)cc3c1n2-c1cc(-n2c4ccccc4c4cccc(C5c6ccccc6C6(c7ccccc7-c7ccccc76)c6ccccc65)c42)cc2c1B3c1cc(C(C)(C)C)cc3c4cc(C(C)(C)C)ccc4n-2c13. The highest BCUT2D eigenvalue weighted by molar-refractivity contribution is 7.00. The number of hydrogen-bond donors (Lipinski definition) is 0. The maximum absolute atomic E-state index is 2.70. The molecule has 2 aliphatic heterocycles. The minimum atomic E-state index is -0.486. The third-order valence-electron chi connectivity index (χ3n) is 21.4. The Bertz CT molecular complexity index is 5180. The average Bonchev–Trinajstić information content (AvgIpc) is 1.42. The molecule has 0 N–H and O–H groups in total. The molecule has 0 atom stereocenters. The second-order valence-electron chi connectivity index (χ2n) is 30.4. The van der Waals surface area contributed by atoms with Gasteiger partial charge in [0.15, 0.2) is 0 Å². The topological polar surface area (TPSA) is 14.8 Å². The molecule has 3 nitrogen and oxygen atoms in total. The molecule has 11 aromatic carbocycles. The van der Waals surface area contributed by atoms with Crippen LogP contribution < -0.4 is 16.4 Å². The molecule has 0 radical (unpaired) electrons. The highest BCUT2D eigenvalue weighted by Crippen LogP contribution is 2.62. The van der Waals surface area contributed by atoms with Crippen LogP contribution in [0.5, 0.6) is 0 Å². The van der Waals surface area contributed by atoms with Crippen molar-refractivity contribution in [2.75, 3.05) is 0 Å². The molecule has 0 unspecified atom stereocenters. The molecule has 3 aromatic heterocycles. The van der Waals surface area contributed by atoms with Gasteiger partial charge in [-0.05, 0) is 165 Å². The summed E-state index contributed by atoms with van der Waals surface area (Å²) in [6.45, 7) is 28.5. The minimum absolute atomic E-state index is 0.0337. The molecule has 4 heteroatoms. The summed E-state index contributed by atoms with van der Waals surface area (Å²) in [6.07, 6.45) is 0. The Morgan fingerprint density at radius 1 is 0.318 bits per heavy atom. The Kier molecular flexibility index (Phi) is 10.1. The first-order valence-electron chi connectivity index (χ1n) is 32.1. The second-order valence-corrected chi connectivity index (χ2v) is 30.4. The Morgan fingerprint density at radius 2 is 0.727 bits per heavy atom. The molecule has 2 aliphatic carbocycles. The molecule has 1 spiro atoms. The largest absolute Gasteiger partial charge is 0.310 e. The van der Waals surface area contributed by atoms with Gasteiger partial charge in [0, 0.05) is 60.6 Å². The predicted octanol–water partition coefficient (Wildman–Crippen LogP) is 19.2. The first kappa shape index (κ1) is 52.0. The van der Waals surface area contributed by atoms with E-state index in [1.807, 2.05) is 0 Å². The molecule has 88 heavy (non-hydrogen) atoms. The molecule has 14 aromatic rings. The van der Waals surface area contributed by atoms with Gasteiger partial charge in [-0.3, -0.25) is 0 Å². The van der Waals surface area contributed by atoms with Crippen molar-refractivity contribution in [3.63, 3.8) is 0 Å². The Morgan fingerprint density at radius 3 is 1.23 bits per heavy atom. The predicted molar refractivity (Wildman–Crippen MR) is 374 cm³/mol. The molecular weight excluding hydrogens is 1060 g/mol. The molecule has 426 valence electrons. The van der Waals surface area contributed by atoms with Crippen LogP contribution in [0.25, 0.3) is 93.6 Å². The van der Waals surface area contributed by atoms with E-state index >= 15 is 0 Å². The van der Waals surface area contributed by atoms with Crippen molar-refractivity contribution >= 4 is 88.5 Å². The summed E-state index contributed by atoms with van der Waals surface area (Å²) in [5.41, 5.74) is 32.2. The van der Waals surface area contributed by atoms with E-state index in [0.717, 1.165) is 5.69 Å². The van der Waals surface area contributed by atoms with Crippen molar-refractivity contribution in [3.8, 4) is 28.2 Å². The number of aromatic nitrogens is 3. The van der Waals surface area contributed by atoms with Crippen LogP contribution in [-0.4, -0.2) is 20.4 Å². The molecule has 0 bridgehead atoms. The number of rotatable bonds is 2. The maximum atomic E-state index is 2.70. The van der Waals surface area contributed by atoms with Gasteiger partial charge in [0.2, 0.25) is 0 Å². The van der Waals surface area contributed by atoms with Crippen molar-refractivity contribution in [2.24, 2.45) is 0 Å². The van der Waals surface area contributed by atoms with E-state index in [2.05, 4.69) is 309 Å². The van der Waals surface area contributed by atoms with Crippen LogP contribution in [0.4, 0.5) is 0 Å². The summed E-state index contributed by atoms with van der Waals surface area (Å²) in [5.74, 6) is -0.0760. The Hall–Kier alpha value is -9.12. The molecule has 0 saturated heterocycles. The minimum Gasteiger partial charge on any atom is -0.310 e. The van der Waals surface area contributed by atoms with Gasteiger partial charge >= 0.3 is 0 Å². The first-order valence-corrected chi connectivity index (χ1v) is 32.1. The third-order valence-corrected chi connectivity index (χ3v) is 21.4. The van der Waals surface area contributed by atoms with Crippen molar-refractivity contribution < 1.29 is 0 Å². The normalized spacial score (nSPS) is 14.8. The van der Waals surface area contributed by atoms with Gasteiger partial charge in [0.05, 0.1) is 33.2 Å². The summed E-state index contributed by atoms with van der Waals surface area (Å²) in [6, 6.07) is 84.0. The first-order chi connectivity index (χ1) is 42.2. The molecular formula is C84H72BN3. The van der Waals surface area contributed by atoms with E-state index in [9.17, 15) is 0 Å². The van der Waals surface area contributed by atoms with E-state index in [4.69, 9.17) is 0 Å². The van der Waals surface area contributed by atoms with Crippen molar-refractivity contribution in [1.29, 1.82) is 0 Å². The van der Waals surface area contributed by atoms with Gasteiger partial charge in [0.1, 0.15) is 0 Å². The summed E-state index contributed by atoms with van der Waals surface area (Å²) in [4.78, 5) is 0. The van der Waals surface area contributed by atoms with Gasteiger partial charge in [0.25, 0.3) is 6.71 Å². The van der Waals surface area contributed by atoms with Crippen LogP contribution in [0, 0.1) is 0 Å². The highest BCUT2D eigenvalue weighted by atomic mass is 15.1. The van der Waals surface area contributed by atoms with Gasteiger partial charge in [-0.1, -0.05) is 241 Å². The van der Waals surface area contributed by atoms with Crippen LogP contribution >= 0.6 is 0 Å². The summed E-state index contributed by atoms with van der Waals surface area (Å²) in [5, 5.41) is 7.83. The fourth-order valence-corrected chi connectivity index (χ4v) is 17.2. The highest BCUT2D eigenvalue weighted by Gasteiger charge is 2.52. The number of fused-ring (bicyclic) bond motifs is 22. The third kappa shape index (κ3) is 6.66. The summed E-state index contributed by atoms with van der Waals surface area (Å²) < 4.78 is 8.09. The maximum Gasteiger partial charge on any atom is 0.252 e. The lowest BCUT2D eigenvalue weighted by Crippen LogP contribution is -2.59. The van der Waals surface area contributed by atoms with Crippen LogP contribution in [0.1, 0.15) is 150 Å². The monoisotopic (exact) mass is 1130 g/mol. The Labute approximate surface area is 517 Å². The van der Waals surface area contributed by atoms with Crippen LogP contribution in [0.2, 0.25) is 0 Å². The van der Waals surface area contributed by atoms with E-state index in [1.165, 1.54) is 166 Å². The van der Waals surface area contributed by atoms with Crippen LogP contribution in [-0.2, 0) is 27.1 Å². The fraction of sp³-hybridized carbons (Fsp3) is 0.214. The Balaban J connectivity index is 0.998. The zero-order valence-corrected chi connectivity index (χ0v) is 52.7. The zero-order chi connectivity index (χ0) is 60.0. The summed E-state index contributed by atoms with van der Waals surface area (Å²) in [7, 11) is 0. The van der Waals surface area contributed by atoms with Crippen LogP contribution in [0.3, 0.4) is 0 Å². The molecule has 0 amide bonds. The average molecular weight is 1130 g/mol. The number of para-hydroxylation sites is 2. The van der Waals surface area contributed by atoms with Gasteiger partial charge in [-0.25, -0.2) is 0 Å². The lowest BCUT2D eigenvalue weighted by atomic mass is 9.34. The smallest absolute Gasteiger partial charge is 0.252 e. The van der Waals surface area contributed by atoms with E-state index < -0.39 is 5.41 Å². The summed E-state index contributed by atoms with van der Waals surface area (Å²) >= 11 is 0. The molecule has 0 fully saturated rings. The molecule has 5 heterocycles. The number of benzene rings is 11. The molecule has 4 aliphatic rings. The van der Waals surface area contributed by atoms with Gasteiger partial charge < -0.3 is 13.7 Å². The van der Waals surface area contributed by atoms with Crippen molar-refractivity contribution in [2.45, 2.75) is 116 Å². The fourth-order valence-electron chi connectivity index (χ4n) is 17.2. The second kappa shape index (κ2) is 17.1. The van der Waals surface area contributed by atoms with Gasteiger partial charge in [-0.2, -0.15) is 0 Å². The van der Waals surface area contributed by atoms with Crippen LogP contribution in [0.15, 0.2) is 212 Å². The van der Waals surface area contributed by atoms with E-state index in [0.29, 0.717) is 0 Å². The lowest BCUT2D eigenvalue weighted by Gasteiger charge is -2.43. The quantitative estimate of drug-likeness (QED) is 0.153. The van der Waals surface area contributed by atoms with Gasteiger partial charge in [-0.15, -0.1) is 0 Å². The van der Waals surface area contributed by atoms with E-state index in [1.54, 1.807) is 0 Å². The number of nitrogens with zero attached hydrogens (tertiary/aromatic N) is 3. The molecule has 18 rings (SSSR count). The lowest BCUT2D eigenvalue weighted by molar-refractivity contribution is 0.590. The van der Waals surface area contributed by atoms with Crippen molar-refractivity contribution in [3.05, 3.63) is 274 Å². The molecule has 0 saturated carbocycles.